The lowest BCUT2D eigenvalue weighted by Crippen LogP contribution is -2.36. The number of sulfonamides is 1. The van der Waals surface area contributed by atoms with Crippen molar-refractivity contribution in [2.24, 2.45) is 0 Å². The van der Waals surface area contributed by atoms with Crippen LogP contribution < -0.4 is 14.8 Å². The van der Waals surface area contributed by atoms with Crippen LogP contribution in [-0.4, -0.2) is 70.3 Å². The van der Waals surface area contributed by atoms with E-state index < -0.39 is 10.0 Å². The summed E-state index contributed by atoms with van der Waals surface area (Å²) in [5, 5.41) is 2.81. The van der Waals surface area contributed by atoms with Crippen molar-refractivity contribution < 1.29 is 22.7 Å². The van der Waals surface area contributed by atoms with Gasteiger partial charge in [0, 0.05) is 26.1 Å². The van der Waals surface area contributed by atoms with Crippen molar-refractivity contribution in [1.82, 2.24) is 14.5 Å². The van der Waals surface area contributed by atoms with Crippen LogP contribution in [0, 0.1) is 0 Å². The highest BCUT2D eigenvalue weighted by molar-refractivity contribution is 7.88. The van der Waals surface area contributed by atoms with Gasteiger partial charge in [-0.15, -0.1) is 0 Å². The van der Waals surface area contributed by atoms with E-state index in [0.29, 0.717) is 24.6 Å². The van der Waals surface area contributed by atoms with Gasteiger partial charge in [-0.1, -0.05) is 6.07 Å². The molecule has 0 bridgehead atoms. The summed E-state index contributed by atoms with van der Waals surface area (Å²) in [5.41, 5.74) is 0.897. The van der Waals surface area contributed by atoms with Crippen LogP contribution in [0.5, 0.6) is 11.5 Å². The van der Waals surface area contributed by atoms with E-state index in [1.54, 1.807) is 6.07 Å². The number of fused-ring (bicyclic) bond motifs is 1. The molecular formula is C17H27N3O5S. The lowest BCUT2D eigenvalue weighted by Gasteiger charge is -2.20. The van der Waals surface area contributed by atoms with E-state index in [0.717, 1.165) is 18.5 Å². The van der Waals surface area contributed by atoms with Crippen molar-refractivity contribution in [3.05, 3.63) is 23.8 Å². The van der Waals surface area contributed by atoms with Crippen LogP contribution in [0.3, 0.4) is 0 Å². The van der Waals surface area contributed by atoms with E-state index in [1.807, 2.05) is 31.1 Å². The quantitative estimate of drug-likeness (QED) is 0.636. The summed E-state index contributed by atoms with van der Waals surface area (Å²) >= 11 is 0. The van der Waals surface area contributed by atoms with Crippen molar-refractivity contribution in [3.63, 3.8) is 0 Å². The first kappa shape index (κ1) is 20.5. The molecule has 0 aliphatic carbocycles. The summed E-state index contributed by atoms with van der Waals surface area (Å²) in [6.07, 6.45) is 2.02. The van der Waals surface area contributed by atoms with Gasteiger partial charge in [-0.3, -0.25) is 4.79 Å². The second-order valence-electron chi connectivity index (χ2n) is 6.53. The molecule has 1 aromatic carbocycles. The molecule has 1 aliphatic heterocycles. The average Bonchev–Trinajstić information content (AvgIpc) is 3.02. The Morgan fingerprint density at radius 3 is 2.58 bits per heavy atom. The predicted octanol–water partition coefficient (Wildman–Crippen LogP) is 0.635. The molecule has 1 aromatic rings. The molecule has 1 amide bonds. The van der Waals surface area contributed by atoms with Gasteiger partial charge in [-0.2, -0.15) is 0 Å². The first-order valence-corrected chi connectivity index (χ1v) is 10.4. The van der Waals surface area contributed by atoms with E-state index in [4.69, 9.17) is 9.47 Å². The highest BCUT2D eigenvalue weighted by atomic mass is 32.2. The fourth-order valence-electron chi connectivity index (χ4n) is 2.57. The standard InChI is InChI=1S/C17H27N3O5S/c1-19(2)8-4-9-20(26(3,22)23)10-7-17(21)18-12-14-5-6-15-16(11-14)25-13-24-15/h5-6,11H,4,7-10,12-13H2,1-3H3,(H,18,21). The summed E-state index contributed by atoms with van der Waals surface area (Å²) in [4.78, 5) is 14.1. The van der Waals surface area contributed by atoms with E-state index in [9.17, 15) is 13.2 Å². The molecular weight excluding hydrogens is 358 g/mol. The highest BCUT2D eigenvalue weighted by Crippen LogP contribution is 2.32. The number of nitrogens with zero attached hydrogens (tertiary/aromatic N) is 2. The van der Waals surface area contributed by atoms with Gasteiger partial charge in [-0.05, 0) is 44.8 Å². The molecule has 0 atom stereocenters. The monoisotopic (exact) mass is 385 g/mol. The molecule has 0 radical (unpaired) electrons. The topological polar surface area (TPSA) is 88.2 Å². The van der Waals surface area contributed by atoms with Crippen LogP contribution in [0.15, 0.2) is 18.2 Å². The third kappa shape index (κ3) is 6.47. The zero-order chi connectivity index (χ0) is 19.2. The SMILES string of the molecule is CN(C)CCCN(CCC(=O)NCc1ccc2c(c1)OCO2)S(C)(=O)=O. The molecule has 9 heteroatoms. The van der Waals surface area contributed by atoms with Crippen LogP contribution in [-0.2, 0) is 21.4 Å². The minimum atomic E-state index is -3.33. The first-order valence-electron chi connectivity index (χ1n) is 8.51. The van der Waals surface area contributed by atoms with Gasteiger partial charge in [0.05, 0.1) is 6.26 Å². The van der Waals surface area contributed by atoms with Crippen molar-refractivity contribution in [1.29, 1.82) is 0 Å². The number of rotatable bonds is 10. The maximum Gasteiger partial charge on any atom is 0.231 e. The summed E-state index contributed by atoms with van der Waals surface area (Å²) in [5.74, 6) is 1.17. The fraction of sp³-hybridized carbons (Fsp3) is 0.588. The van der Waals surface area contributed by atoms with Crippen LogP contribution in [0.4, 0.5) is 0 Å². The Labute approximate surface area is 155 Å². The molecule has 0 saturated carbocycles. The van der Waals surface area contributed by atoms with Crippen molar-refractivity contribution >= 4 is 15.9 Å². The van der Waals surface area contributed by atoms with Crippen LogP contribution in [0.2, 0.25) is 0 Å². The zero-order valence-electron chi connectivity index (χ0n) is 15.5. The molecule has 8 nitrogen and oxygen atoms in total. The molecule has 1 aliphatic rings. The third-order valence-corrected chi connectivity index (χ3v) is 5.30. The van der Waals surface area contributed by atoms with Crippen LogP contribution in [0.1, 0.15) is 18.4 Å². The van der Waals surface area contributed by atoms with Gasteiger partial charge >= 0.3 is 0 Å². The lowest BCUT2D eigenvalue weighted by molar-refractivity contribution is -0.121. The highest BCUT2D eigenvalue weighted by Gasteiger charge is 2.18. The fourth-order valence-corrected chi connectivity index (χ4v) is 3.46. The van der Waals surface area contributed by atoms with Gasteiger partial charge in [0.2, 0.25) is 22.7 Å². The number of amides is 1. The second-order valence-corrected chi connectivity index (χ2v) is 8.52. The number of carbonyl (C=O) groups is 1. The number of benzene rings is 1. The Morgan fingerprint density at radius 2 is 1.88 bits per heavy atom. The van der Waals surface area contributed by atoms with E-state index in [1.165, 1.54) is 10.6 Å². The smallest absolute Gasteiger partial charge is 0.231 e. The maximum absolute atomic E-state index is 12.1. The maximum atomic E-state index is 12.1. The Kier molecular flexibility index (Phi) is 7.24. The molecule has 0 saturated heterocycles. The minimum absolute atomic E-state index is 0.125. The number of carbonyl (C=O) groups excluding carboxylic acids is 1. The molecule has 0 fully saturated rings. The van der Waals surface area contributed by atoms with Crippen molar-refractivity contribution in [3.8, 4) is 11.5 Å². The Balaban J connectivity index is 1.78. The van der Waals surface area contributed by atoms with Gasteiger partial charge in [0.25, 0.3) is 0 Å². The van der Waals surface area contributed by atoms with Gasteiger partial charge < -0.3 is 19.7 Å². The second kappa shape index (κ2) is 9.20. The van der Waals surface area contributed by atoms with Crippen LogP contribution in [0.25, 0.3) is 0 Å². The van der Waals surface area contributed by atoms with Crippen LogP contribution >= 0.6 is 0 Å². The number of ether oxygens (including phenoxy) is 2. The average molecular weight is 385 g/mol. The lowest BCUT2D eigenvalue weighted by atomic mass is 10.2. The molecule has 1 N–H and O–H groups in total. The molecule has 0 unspecified atom stereocenters. The normalized spacial score (nSPS) is 13.4. The van der Waals surface area contributed by atoms with Gasteiger partial charge in [-0.25, -0.2) is 12.7 Å². The number of hydrogen-bond acceptors (Lipinski definition) is 6. The molecule has 1 heterocycles. The Morgan fingerprint density at radius 1 is 1.15 bits per heavy atom. The predicted molar refractivity (Wildman–Crippen MR) is 98.6 cm³/mol. The summed E-state index contributed by atoms with van der Waals surface area (Å²) in [7, 11) is 0.550. The minimum Gasteiger partial charge on any atom is -0.454 e. The molecule has 146 valence electrons. The summed E-state index contributed by atoms with van der Waals surface area (Å²) in [6, 6.07) is 5.49. The number of hydrogen-bond donors (Lipinski definition) is 1. The number of nitrogens with one attached hydrogen (secondary N) is 1. The Hall–Kier alpha value is -1.84. The summed E-state index contributed by atoms with van der Waals surface area (Å²) in [6.45, 7) is 1.95. The Bertz CT molecular complexity index is 721. The first-order chi connectivity index (χ1) is 12.3. The summed E-state index contributed by atoms with van der Waals surface area (Å²) < 4.78 is 35.6. The van der Waals surface area contributed by atoms with E-state index >= 15 is 0 Å². The van der Waals surface area contributed by atoms with Gasteiger partial charge in [0.1, 0.15) is 0 Å². The molecule has 0 spiro atoms. The van der Waals surface area contributed by atoms with E-state index in [2.05, 4.69) is 5.32 Å². The van der Waals surface area contributed by atoms with E-state index in [-0.39, 0.29) is 25.7 Å². The zero-order valence-corrected chi connectivity index (χ0v) is 16.3. The van der Waals surface area contributed by atoms with Gasteiger partial charge in [0.15, 0.2) is 11.5 Å². The third-order valence-electron chi connectivity index (χ3n) is 4.00. The molecule has 26 heavy (non-hydrogen) atoms. The largest absolute Gasteiger partial charge is 0.454 e. The van der Waals surface area contributed by atoms with Crippen molar-refractivity contribution in [2.45, 2.75) is 19.4 Å². The molecule has 0 aromatic heterocycles. The van der Waals surface area contributed by atoms with Crippen molar-refractivity contribution in [2.75, 3.05) is 46.8 Å². The molecule has 2 rings (SSSR count).